The Kier molecular flexibility index (Phi) is 8.12. The second kappa shape index (κ2) is 11.0. The van der Waals surface area contributed by atoms with E-state index in [-0.39, 0.29) is 49.4 Å². The zero-order valence-electron chi connectivity index (χ0n) is 24.1. The molecular formula is C28H37N5O9. The van der Waals surface area contributed by atoms with E-state index in [9.17, 15) is 39.6 Å². The van der Waals surface area contributed by atoms with Gasteiger partial charge in [-0.3, -0.25) is 29.0 Å². The number of phenols is 1. The number of carbonyl (C=O) groups is 4. The van der Waals surface area contributed by atoms with Crippen LogP contribution in [0.25, 0.3) is 0 Å². The fourth-order valence-corrected chi connectivity index (χ4v) is 6.48. The number of primary amides is 1. The van der Waals surface area contributed by atoms with E-state index >= 15 is 0 Å². The van der Waals surface area contributed by atoms with Crippen molar-refractivity contribution in [2.45, 2.75) is 24.5 Å². The van der Waals surface area contributed by atoms with Crippen molar-refractivity contribution < 1.29 is 44.7 Å². The number of allylic oxidation sites excluding steroid dienone is 1. The van der Waals surface area contributed by atoms with Gasteiger partial charge in [-0.25, -0.2) is 0 Å². The topological polar surface area (TPSA) is 217 Å². The summed E-state index contributed by atoms with van der Waals surface area (Å²) in [5.41, 5.74) is 2.13. The summed E-state index contributed by atoms with van der Waals surface area (Å²) in [4.78, 5) is 57.1. The Morgan fingerprint density at radius 1 is 1.12 bits per heavy atom. The van der Waals surface area contributed by atoms with Gasteiger partial charge >= 0.3 is 0 Å². The van der Waals surface area contributed by atoms with Crippen molar-refractivity contribution in [1.82, 2.24) is 9.80 Å². The Labute approximate surface area is 242 Å². The summed E-state index contributed by atoms with van der Waals surface area (Å²) in [5.74, 6) is -7.99. The molecule has 0 spiro atoms. The summed E-state index contributed by atoms with van der Waals surface area (Å²) in [6, 6.07) is 0.443. The summed E-state index contributed by atoms with van der Waals surface area (Å²) in [5, 5.41) is 57.0. The van der Waals surface area contributed by atoms with Gasteiger partial charge in [0.05, 0.1) is 30.4 Å². The van der Waals surface area contributed by atoms with Crippen molar-refractivity contribution in [3.8, 4) is 5.75 Å². The molecule has 3 aliphatic rings. The van der Waals surface area contributed by atoms with E-state index in [2.05, 4.69) is 5.32 Å². The normalized spacial score (nSPS) is 25.4. The molecule has 3 aliphatic carbocycles. The predicted molar refractivity (Wildman–Crippen MR) is 151 cm³/mol. The van der Waals surface area contributed by atoms with Crippen molar-refractivity contribution >= 4 is 34.8 Å². The van der Waals surface area contributed by atoms with Gasteiger partial charge < -0.3 is 41.5 Å². The minimum absolute atomic E-state index is 0.0327. The lowest BCUT2D eigenvalue weighted by Gasteiger charge is -2.50. The summed E-state index contributed by atoms with van der Waals surface area (Å²) in [7, 11) is 8.19. The average Bonchev–Trinajstić information content (AvgIpc) is 2.87. The highest BCUT2D eigenvalue weighted by molar-refractivity contribution is 6.25. The number of nitrogens with one attached hydrogen (secondary N) is 1. The maximum Gasteiger partial charge on any atom is 0.255 e. The van der Waals surface area contributed by atoms with Crippen molar-refractivity contribution in [3.63, 3.8) is 0 Å². The quantitative estimate of drug-likeness (QED) is 0.145. The number of likely N-dealkylation sites (N-methyl/N-ethyl adjacent to an activating group) is 2. The number of nitrogens with zero attached hydrogens (tertiary/aromatic N) is 3. The summed E-state index contributed by atoms with van der Waals surface area (Å²) in [6.45, 7) is -0.0294. The van der Waals surface area contributed by atoms with E-state index in [1.165, 1.54) is 11.0 Å². The molecule has 0 bridgehead atoms. The number of phenolic OH excluding ortho intramolecular Hbond substituents is 1. The minimum atomic E-state index is -2.74. The van der Waals surface area contributed by atoms with Crippen LogP contribution < -0.4 is 16.0 Å². The molecule has 0 heterocycles. The Bertz CT molecular complexity index is 1430. The van der Waals surface area contributed by atoms with Crippen molar-refractivity contribution in [2.24, 2.45) is 17.6 Å². The zero-order valence-corrected chi connectivity index (χ0v) is 24.1. The fourth-order valence-electron chi connectivity index (χ4n) is 6.48. The second-order valence-corrected chi connectivity index (χ2v) is 11.5. The van der Waals surface area contributed by atoms with Gasteiger partial charge in [-0.05, 0) is 51.5 Å². The Morgan fingerprint density at radius 2 is 1.76 bits per heavy atom. The summed E-state index contributed by atoms with van der Waals surface area (Å²) >= 11 is 0. The van der Waals surface area contributed by atoms with Gasteiger partial charge in [0.15, 0.2) is 17.1 Å². The molecule has 1 aromatic carbocycles. The first-order chi connectivity index (χ1) is 19.6. The Morgan fingerprint density at radius 3 is 2.31 bits per heavy atom. The van der Waals surface area contributed by atoms with Gasteiger partial charge in [0, 0.05) is 37.8 Å². The molecule has 4 rings (SSSR count). The lowest BCUT2D eigenvalue weighted by Crippen LogP contribution is -2.63. The number of carbonyl (C=O) groups excluding carboxylic acids is 4. The highest BCUT2D eigenvalue weighted by Gasteiger charge is 2.63. The largest absolute Gasteiger partial charge is 0.510 e. The number of hydrogen-bond acceptors (Lipinski definition) is 12. The maximum absolute atomic E-state index is 14.0. The van der Waals surface area contributed by atoms with Gasteiger partial charge in [0.25, 0.3) is 5.91 Å². The summed E-state index contributed by atoms with van der Waals surface area (Å²) in [6.07, 6.45) is 0.0815. The average molecular weight is 588 g/mol. The third kappa shape index (κ3) is 4.69. The molecule has 42 heavy (non-hydrogen) atoms. The molecule has 1 aromatic rings. The lowest BCUT2D eigenvalue weighted by atomic mass is 9.58. The number of aliphatic hydroxyl groups excluding tert-OH is 3. The van der Waals surface area contributed by atoms with Crippen molar-refractivity contribution in [1.29, 1.82) is 0 Å². The molecule has 2 unspecified atom stereocenters. The van der Waals surface area contributed by atoms with Crippen molar-refractivity contribution in [2.75, 3.05) is 65.2 Å². The maximum atomic E-state index is 14.0. The number of benzene rings is 1. The zero-order chi connectivity index (χ0) is 31.4. The number of amides is 2. The predicted octanol–water partition coefficient (Wildman–Crippen LogP) is -0.951. The van der Waals surface area contributed by atoms with E-state index in [1.54, 1.807) is 45.0 Å². The van der Waals surface area contributed by atoms with Gasteiger partial charge in [0.1, 0.15) is 17.1 Å². The highest BCUT2D eigenvalue weighted by atomic mass is 16.3. The van der Waals surface area contributed by atoms with E-state index in [4.69, 9.17) is 10.8 Å². The van der Waals surface area contributed by atoms with Crippen LogP contribution in [0.5, 0.6) is 5.75 Å². The molecular weight excluding hydrogens is 550 g/mol. The highest BCUT2D eigenvalue weighted by Crippen LogP contribution is 2.53. The molecule has 14 nitrogen and oxygen atoms in total. The van der Waals surface area contributed by atoms with Crippen LogP contribution >= 0.6 is 0 Å². The first kappa shape index (κ1) is 31.0. The number of nitrogens with two attached hydrogens (primary N) is 1. The molecule has 0 aromatic heterocycles. The first-order valence-corrected chi connectivity index (χ1v) is 13.4. The minimum Gasteiger partial charge on any atom is -0.510 e. The van der Waals surface area contributed by atoms with Gasteiger partial charge in [-0.1, -0.05) is 0 Å². The van der Waals surface area contributed by atoms with Crippen LogP contribution in [-0.2, 0) is 20.8 Å². The molecule has 0 aliphatic heterocycles. The molecule has 2 amide bonds. The molecule has 0 radical (unpaired) electrons. The van der Waals surface area contributed by atoms with Crippen molar-refractivity contribution in [3.05, 3.63) is 39.9 Å². The third-order valence-corrected chi connectivity index (χ3v) is 8.35. The number of ketones is 2. The third-order valence-electron chi connectivity index (χ3n) is 8.35. The molecule has 8 N–H and O–H groups in total. The number of anilines is 2. The van der Waals surface area contributed by atoms with Gasteiger partial charge in [0.2, 0.25) is 11.7 Å². The van der Waals surface area contributed by atoms with Gasteiger partial charge in [-0.2, -0.15) is 0 Å². The van der Waals surface area contributed by atoms with Crippen LogP contribution in [0.3, 0.4) is 0 Å². The van der Waals surface area contributed by atoms with Crippen LogP contribution in [0.1, 0.15) is 22.3 Å². The molecule has 0 fully saturated rings. The number of Topliss-reactive ketones (excluding diaryl/α,β-unsaturated/α-hetero) is 2. The fraction of sp³-hybridized carbons (Fsp3) is 0.500. The van der Waals surface area contributed by atoms with Crippen LogP contribution in [0, 0.1) is 11.8 Å². The van der Waals surface area contributed by atoms with E-state index in [0.717, 1.165) is 0 Å². The van der Waals surface area contributed by atoms with Crippen LogP contribution in [-0.4, -0.2) is 125 Å². The van der Waals surface area contributed by atoms with E-state index < -0.39 is 69.7 Å². The summed E-state index contributed by atoms with van der Waals surface area (Å²) < 4.78 is 0. The Hall–Kier alpha value is -3.98. The molecule has 14 heteroatoms. The number of rotatable bonds is 8. The smallest absolute Gasteiger partial charge is 0.255 e. The van der Waals surface area contributed by atoms with Crippen LogP contribution in [0.4, 0.5) is 11.4 Å². The van der Waals surface area contributed by atoms with E-state index in [0.29, 0.717) is 11.3 Å². The van der Waals surface area contributed by atoms with Crippen LogP contribution in [0.15, 0.2) is 28.7 Å². The Balaban J connectivity index is 1.87. The molecule has 0 saturated heterocycles. The number of aliphatic hydroxyl groups is 4. The molecule has 228 valence electrons. The standard InChI is InChI=1S/C28H37N5O9/c1-31(2)16-10-15(30-17(35)11-33(5)6-7-34)22(36)19-13(16)8-12-9-14-21(32(3)4)24(38)20(27(29)41)26(40)28(14,42)25(39)18(12)23(19)37/h10,12,14,21,34,36,38-39,42H,6-9,11H2,1-5H3,(H2,29,41)(H,30,35)/t12?,14?,21-,28-/m0/s1. The molecule has 4 atom stereocenters. The van der Waals surface area contributed by atoms with E-state index in [1.807, 2.05) is 0 Å². The first-order valence-electron chi connectivity index (χ1n) is 13.4. The SMILES string of the molecule is CN(CCO)CC(=O)Nc1cc(N(C)C)c2c(c1O)C(=O)C1=C(O)[C@]3(O)C(=O)C(C(N)=O)=C(O)[C@@H](N(C)C)C3CC1C2. The number of aromatic hydroxyl groups is 1. The monoisotopic (exact) mass is 587 g/mol. The van der Waals surface area contributed by atoms with Crippen LogP contribution in [0.2, 0.25) is 0 Å². The number of fused-ring (bicyclic) bond motifs is 3. The second-order valence-electron chi connectivity index (χ2n) is 11.5. The van der Waals surface area contributed by atoms with Gasteiger partial charge in [-0.15, -0.1) is 0 Å². The lowest BCUT2D eigenvalue weighted by molar-refractivity contribution is -0.148. The number of hydrogen-bond donors (Lipinski definition) is 7. The molecule has 0 saturated carbocycles.